The average molecular weight is 506 g/mol. The summed E-state index contributed by atoms with van der Waals surface area (Å²) in [6.07, 6.45) is 0.532. The average Bonchev–Trinajstić information content (AvgIpc) is 3.61. The number of nitrogens with zero attached hydrogens (tertiary/aromatic N) is 1. The molecule has 1 saturated carbocycles. The number of carbonyl (C=O) groups is 4. The summed E-state index contributed by atoms with van der Waals surface area (Å²) in [7, 11) is 0. The number of alkyl carbamates (subject to hydrolysis) is 1. The molecule has 0 aromatic heterocycles. The maximum atomic E-state index is 13.6. The van der Waals surface area contributed by atoms with E-state index in [1.165, 1.54) is 4.90 Å². The fraction of sp³-hybridized carbons (Fsp3) is 0.615. The molecule has 36 heavy (non-hydrogen) atoms. The Morgan fingerprint density at radius 1 is 1.14 bits per heavy atom. The third-order valence-corrected chi connectivity index (χ3v) is 5.67. The number of hydrogen-bond acceptors (Lipinski definition) is 7. The second-order valence-electron chi connectivity index (χ2n) is 9.95. The number of rotatable bonds is 11. The molecule has 10 nitrogen and oxygen atoms in total. The molecule has 1 aliphatic carbocycles. The number of aliphatic hydroxyl groups is 1. The Hall–Kier alpha value is -3.14. The van der Waals surface area contributed by atoms with Gasteiger partial charge in [0.1, 0.15) is 17.7 Å². The minimum Gasteiger partial charge on any atom is -0.466 e. The minimum absolute atomic E-state index is 0.00390. The fourth-order valence-electron chi connectivity index (χ4n) is 3.68. The van der Waals surface area contributed by atoms with Crippen LogP contribution in [0.3, 0.4) is 0 Å². The van der Waals surface area contributed by atoms with Gasteiger partial charge in [-0.2, -0.15) is 0 Å². The first kappa shape index (κ1) is 29.1. The summed E-state index contributed by atoms with van der Waals surface area (Å²) in [5, 5.41) is 15.1. The third kappa shape index (κ3) is 8.51. The lowest BCUT2D eigenvalue weighted by atomic mass is 9.98. The highest BCUT2D eigenvalue weighted by atomic mass is 16.6. The van der Waals surface area contributed by atoms with Crippen LogP contribution >= 0.6 is 0 Å². The van der Waals surface area contributed by atoms with Crippen LogP contribution in [0.5, 0.6) is 0 Å². The molecule has 10 heteroatoms. The van der Waals surface area contributed by atoms with Gasteiger partial charge in [0.15, 0.2) is 0 Å². The first-order valence-corrected chi connectivity index (χ1v) is 12.3. The number of amides is 3. The summed E-state index contributed by atoms with van der Waals surface area (Å²) in [5.41, 5.74) is 1.79. The molecule has 1 aromatic carbocycles. The van der Waals surface area contributed by atoms with Gasteiger partial charge in [0.05, 0.1) is 19.6 Å². The van der Waals surface area contributed by atoms with E-state index in [-0.39, 0.29) is 25.6 Å². The number of esters is 1. The van der Waals surface area contributed by atoms with E-state index >= 15 is 0 Å². The largest absolute Gasteiger partial charge is 0.466 e. The lowest BCUT2D eigenvalue weighted by molar-refractivity contribution is -0.145. The molecule has 2 rings (SSSR count). The second kappa shape index (κ2) is 12.7. The van der Waals surface area contributed by atoms with Gasteiger partial charge < -0.3 is 30.1 Å². The molecule has 1 fully saturated rings. The van der Waals surface area contributed by atoms with E-state index in [0.717, 1.165) is 11.1 Å². The summed E-state index contributed by atoms with van der Waals surface area (Å²) in [6, 6.07) is 2.98. The molecule has 0 heterocycles. The number of nitrogens with one attached hydrogen (secondary N) is 2. The van der Waals surface area contributed by atoms with E-state index < -0.39 is 48.2 Å². The van der Waals surface area contributed by atoms with Crippen molar-refractivity contribution in [2.24, 2.45) is 0 Å². The van der Waals surface area contributed by atoms with E-state index in [1.807, 2.05) is 26.0 Å². The standard InChI is InChI=1S/C26H39N3O7/c1-7-35-21(31)12-13-27-23(32)22(18-9-8-16(2)17(3)14-18)29(19-10-11-19)24(33)20(15-30)28-25(34)36-26(4,5)6/h8-9,14,19-20,22,30H,7,10-13,15H2,1-6H3,(H,27,32)(H,28,34). The van der Waals surface area contributed by atoms with E-state index in [9.17, 15) is 24.3 Å². The quantitative estimate of drug-likeness (QED) is 0.393. The van der Waals surface area contributed by atoms with Crippen molar-refractivity contribution < 1.29 is 33.8 Å². The molecular formula is C26H39N3O7. The first-order valence-electron chi connectivity index (χ1n) is 12.3. The van der Waals surface area contributed by atoms with Gasteiger partial charge in [0.2, 0.25) is 11.8 Å². The van der Waals surface area contributed by atoms with Crippen molar-refractivity contribution >= 4 is 23.9 Å². The number of hydrogen-bond donors (Lipinski definition) is 3. The zero-order valence-electron chi connectivity index (χ0n) is 22.1. The molecule has 0 radical (unpaired) electrons. The topological polar surface area (TPSA) is 134 Å². The Morgan fingerprint density at radius 2 is 1.81 bits per heavy atom. The van der Waals surface area contributed by atoms with Crippen molar-refractivity contribution in [3.05, 3.63) is 34.9 Å². The van der Waals surface area contributed by atoms with Crippen LogP contribution in [0.25, 0.3) is 0 Å². The summed E-state index contributed by atoms with van der Waals surface area (Å²) < 4.78 is 10.2. The highest BCUT2D eigenvalue weighted by molar-refractivity contribution is 5.92. The number of benzene rings is 1. The first-order chi connectivity index (χ1) is 16.9. The summed E-state index contributed by atoms with van der Waals surface area (Å²) in [4.78, 5) is 52.6. The van der Waals surface area contributed by atoms with Gasteiger partial charge in [-0.25, -0.2) is 4.79 Å². The zero-order chi connectivity index (χ0) is 27.0. The minimum atomic E-state index is -1.29. The van der Waals surface area contributed by atoms with Crippen molar-refractivity contribution in [1.29, 1.82) is 0 Å². The van der Waals surface area contributed by atoms with Crippen molar-refractivity contribution in [1.82, 2.24) is 15.5 Å². The van der Waals surface area contributed by atoms with E-state index in [1.54, 1.807) is 33.8 Å². The SMILES string of the molecule is CCOC(=O)CCNC(=O)C(c1ccc(C)c(C)c1)N(C(=O)C(CO)NC(=O)OC(C)(C)C)C1CC1. The summed E-state index contributed by atoms with van der Waals surface area (Å²) in [6.45, 7) is 10.3. The molecular weight excluding hydrogens is 466 g/mol. The van der Waals surface area contributed by atoms with E-state index in [2.05, 4.69) is 10.6 Å². The zero-order valence-corrected chi connectivity index (χ0v) is 22.1. The smallest absolute Gasteiger partial charge is 0.408 e. The lowest BCUT2D eigenvalue weighted by Gasteiger charge is -2.34. The van der Waals surface area contributed by atoms with Gasteiger partial charge in [-0.05, 0) is 71.1 Å². The molecule has 3 amide bonds. The maximum absolute atomic E-state index is 13.6. The number of carbonyl (C=O) groups excluding carboxylic acids is 4. The molecule has 1 aliphatic rings. The van der Waals surface area contributed by atoms with Crippen LogP contribution in [-0.4, -0.2) is 71.3 Å². The van der Waals surface area contributed by atoms with Gasteiger partial charge in [-0.1, -0.05) is 18.2 Å². The van der Waals surface area contributed by atoms with Crippen molar-refractivity contribution in [3.63, 3.8) is 0 Å². The van der Waals surface area contributed by atoms with Crippen LogP contribution in [0.1, 0.15) is 69.7 Å². The van der Waals surface area contributed by atoms with Crippen LogP contribution in [0, 0.1) is 13.8 Å². The number of ether oxygens (including phenoxy) is 2. The Bertz CT molecular complexity index is 953. The predicted molar refractivity (Wildman–Crippen MR) is 133 cm³/mol. The third-order valence-electron chi connectivity index (χ3n) is 5.67. The molecule has 200 valence electrons. The van der Waals surface area contributed by atoms with Crippen LogP contribution < -0.4 is 10.6 Å². The summed E-state index contributed by atoms with van der Waals surface area (Å²) in [5.74, 6) is -1.48. The normalized spacial score (nSPS) is 14.9. The lowest BCUT2D eigenvalue weighted by Crippen LogP contribution is -2.55. The van der Waals surface area contributed by atoms with Gasteiger partial charge in [-0.15, -0.1) is 0 Å². The van der Waals surface area contributed by atoms with E-state index in [0.29, 0.717) is 18.4 Å². The molecule has 2 atom stereocenters. The highest BCUT2D eigenvalue weighted by Gasteiger charge is 2.44. The Labute approximate surface area is 212 Å². The monoisotopic (exact) mass is 505 g/mol. The van der Waals surface area contributed by atoms with Crippen LogP contribution in [-0.2, 0) is 23.9 Å². The predicted octanol–water partition coefficient (Wildman–Crippen LogP) is 2.29. The molecule has 1 aromatic rings. The Kier molecular flexibility index (Phi) is 10.3. The maximum Gasteiger partial charge on any atom is 0.408 e. The number of aliphatic hydroxyl groups excluding tert-OH is 1. The van der Waals surface area contributed by atoms with Gasteiger partial charge in [-0.3, -0.25) is 14.4 Å². The molecule has 0 saturated heterocycles. The van der Waals surface area contributed by atoms with Crippen molar-refractivity contribution in [2.75, 3.05) is 19.8 Å². The van der Waals surface area contributed by atoms with Gasteiger partial charge in [0, 0.05) is 12.6 Å². The van der Waals surface area contributed by atoms with Gasteiger partial charge >= 0.3 is 12.1 Å². The second-order valence-corrected chi connectivity index (χ2v) is 9.95. The number of aryl methyl sites for hydroxylation is 2. The fourth-order valence-corrected chi connectivity index (χ4v) is 3.68. The molecule has 0 spiro atoms. The highest BCUT2D eigenvalue weighted by Crippen LogP contribution is 2.36. The molecule has 2 unspecified atom stereocenters. The molecule has 0 aliphatic heterocycles. The Balaban J connectivity index is 2.34. The van der Waals surface area contributed by atoms with Crippen LogP contribution in [0.2, 0.25) is 0 Å². The summed E-state index contributed by atoms with van der Waals surface area (Å²) >= 11 is 0. The Morgan fingerprint density at radius 3 is 2.33 bits per heavy atom. The van der Waals surface area contributed by atoms with Crippen molar-refractivity contribution in [2.45, 2.75) is 84.5 Å². The van der Waals surface area contributed by atoms with E-state index in [4.69, 9.17) is 9.47 Å². The van der Waals surface area contributed by atoms with Crippen molar-refractivity contribution in [3.8, 4) is 0 Å². The van der Waals surface area contributed by atoms with Crippen LogP contribution in [0.4, 0.5) is 4.79 Å². The molecule has 0 bridgehead atoms. The van der Waals surface area contributed by atoms with Crippen LogP contribution in [0.15, 0.2) is 18.2 Å². The van der Waals surface area contributed by atoms with Gasteiger partial charge in [0.25, 0.3) is 0 Å². The molecule has 3 N–H and O–H groups in total.